The Kier molecular flexibility index (Phi) is 6.57. The molecule has 4 heteroatoms. The number of hydrogen-bond acceptors (Lipinski definition) is 3. The highest BCUT2D eigenvalue weighted by molar-refractivity contribution is 5.85. The molecule has 0 aliphatic carbocycles. The molecular weight excluding hydrogens is 326 g/mol. The molecule has 26 heavy (non-hydrogen) atoms. The van der Waals surface area contributed by atoms with Crippen molar-refractivity contribution in [3.8, 4) is 0 Å². The number of aliphatic carboxylic acids is 1. The van der Waals surface area contributed by atoms with Crippen molar-refractivity contribution in [1.82, 2.24) is 4.90 Å². The number of carboxylic acid groups (broad SMARTS) is 1. The zero-order valence-electron chi connectivity index (χ0n) is 16.1. The molecule has 0 amide bonds. The Labute approximate surface area is 156 Å². The van der Waals surface area contributed by atoms with E-state index in [1.54, 1.807) is 12.1 Å². The summed E-state index contributed by atoms with van der Waals surface area (Å²) >= 11 is 0. The van der Waals surface area contributed by atoms with E-state index in [0.29, 0.717) is 17.5 Å². The highest BCUT2D eigenvalue weighted by Crippen LogP contribution is 2.36. The minimum Gasteiger partial charge on any atom is -0.479 e. The monoisotopic (exact) mass is 355 g/mol. The van der Waals surface area contributed by atoms with Crippen molar-refractivity contribution < 1.29 is 15.0 Å². The molecule has 1 unspecified atom stereocenters. The summed E-state index contributed by atoms with van der Waals surface area (Å²) in [6.07, 6.45) is 0.693. The Morgan fingerprint density at radius 3 is 2.12 bits per heavy atom. The zero-order chi connectivity index (χ0) is 19.3. The largest absolute Gasteiger partial charge is 0.479 e. The van der Waals surface area contributed by atoms with E-state index >= 15 is 0 Å². The summed E-state index contributed by atoms with van der Waals surface area (Å²) in [6.45, 7) is 10.6. The van der Waals surface area contributed by atoms with Gasteiger partial charge in [-0.2, -0.15) is 0 Å². The van der Waals surface area contributed by atoms with Crippen LogP contribution in [0.4, 0.5) is 0 Å². The van der Waals surface area contributed by atoms with Gasteiger partial charge in [-0.3, -0.25) is 0 Å². The summed E-state index contributed by atoms with van der Waals surface area (Å²) in [5.74, 6) is -1.25. The van der Waals surface area contributed by atoms with E-state index in [4.69, 9.17) is 0 Å². The number of carbonyl (C=O) groups is 1. The number of benzene rings is 2. The second kappa shape index (κ2) is 8.47. The van der Waals surface area contributed by atoms with Crippen LogP contribution in [0.2, 0.25) is 0 Å². The Morgan fingerprint density at radius 1 is 1.00 bits per heavy atom. The Morgan fingerprint density at radius 2 is 1.58 bits per heavy atom. The molecule has 2 rings (SSSR count). The predicted octanol–water partition coefficient (Wildman–Crippen LogP) is 3.51. The van der Waals surface area contributed by atoms with E-state index in [2.05, 4.69) is 18.7 Å². The smallest absolute Gasteiger partial charge is 0.345 e. The van der Waals surface area contributed by atoms with Crippen molar-refractivity contribution >= 4 is 5.97 Å². The first kappa shape index (κ1) is 20.1. The number of rotatable bonds is 8. The SMILES string of the molecule is CCN(CC)CCc1ccccc1C(O)(C(=O)O)c1c(C)cccc1C. The topological polar surface area (TPSA) is 60.8 Å². The van der Waals surface area contributed by atoms with Gasteiger partial charge in [0.2, 0.25) is 5.60 Å². The fraction of sp³-hybridized carbons (Fsp3) is 0.409. The third-order valence-electron chi connectivity index (χ3n) is 5.15. The van der Waals surface area contributed by atoms with Gasteiger partial charge in [-0.1, -0.05) is 56.3 Å². The molecule has 140 valence electrons. The maximum absolute atomic E-state index is 12.3. The van der Waals surface area contributed by atoms with E-state index in [-0.39, 0.29) is 0 Å². The molecule has 0 radical (unpaired) electrons. The van der Waals surface area contributed by atoms with Gasteiger partial charge in [0.15, 0.2) is 0 Å². The average Bonchev–Trinajstić information content (AvgIpc) is 2.62. The molecule has 0 saturated heterocycles. The van der Waals surface area contributed by atoms with Crippen molar-refractivity contribution in [3.05, 3.63) is 70.3 Å². The Balaban J connectivity index is 2.57. The summed E-state index contributed by atoms with van der Waals surface area (Å²) in [5, 5.41) is 21.5. The number of likely N-dealkylation sites (N-methyl/N-ethyl adjacent to an activating group) is 1. The van der Waals surface area contributed by atoms with Crippen molar-refractivity contribution in [2.24, 2.45) is 0 Å². The first-order valence-electron chi connectivity index (χ1n) is 9.19. The number of aliphatic hydroxyl groups is 1. The zero-order valence-corrected chi connectivity index (χ0v) is 16.1. The normalized spacial score (nSPS) is 13.6. The quantitative estimate of drug-likeness (QED) is 0.761. The summed E-state index contributed by atoms with van der Waals surface area (Å²) in [6, 6.07) is 12.9. The number of nitrogens with zero attached hydrogens (tertiary/aromatic N) is 1. The van der Waals surface area contributed by atoms with Gasteiger partial charge >= 0.3 is 5.97 Å². The molecular formula is C22H29NO3. The fourth-order valence-electron chi connectivity index (χ4n) is 3.65. The molecule has 2 N–H and O–H groups in total. The lowest BCUT2D eigenvalue weighted by molar-refractivity contribution is -0.155. The van der Waals surface area contributed by atoms with Crippen LogP contribution in [-0.4, -0.2) is 40.7 Å². The van der Waals surface area contributed by atoms with Crippen LogP contribution in [0, 0.1) is 13.8 Å². The van der Waals surface area contributed by atoms with Crippen LogP contribution in [0.25, 0.3) is 0 Å². The minimum atomic E-state index is -2.06. The first-order chi connectivity index (χ1) is 12.4. The van der Waals surface area contributed by atoms with Gasteiger partial charge in [-0.25, -0.2) is 4.79 Å². The van der Waals surface area contributed by atoms with E-state index in [1.807, 2.05) is 44.2 Å². The molecule has 4 nitrogen and oxygen atoms in total. The first-order valence-corrected chi connectivity index (χ1v) is 9.19. The van der Waals surface area contributed by atoms with Gasteiger partial charge in [-0.15, -0.1) is 0 Å². The molecule has 0 bridgehead atoms. The van der Waals surface area contributed by atoms with Crippen LogP contribution in [0.3, 0.4) is 0 Å². The molecule has 0 fully saturated rings. The summed E-state index contributed by atoms with van der Waals surface area (Å²) in [5.41, 5.74) is 1.27. The van der Waals surface area contributed by atoms with Gasteiger partial charge in [0.05, 0.1) is 0 Å². The molecule has 0 heterocycles. The van der Waals surface area contributed by atoms with Crippen LogP contribution in [0.15, 0.2) is 42.5 Å². The van der Waals surface area contributed by atoms with Crippen LogP contribution in [0.1, 0.15) is 41.7 Å². The average molecular weight is 355 g/mol. The number of aryl methyl sites for hydroxylation is 2. The molecule has 2 aromatic rings. The molecule has 0 aromatic heterocycles. The summed E-state index contributed by atoms with van der Waals surface area (Å²) < 4.78 is 0. The highest BCUT2D eigenvalue weighted by Gasteiger charge is 2.43. The van der Waals surface area contributed by atoms with Crippen LogP contribution in [0.5, 0.6) is 0 Å². The third-order valence-corrected chi connectivity index (χ3v) is 5.15. The second-order valence-corrected chi connectivity index (χ2v) is 6.72. The Bertz CT molecular complexity index is 747. The van der Waals surface area contributed by atoms with Gasteiger partial charge in [0, 0.05) is 17.7 Å². The van der Waals surface area contributed by atoms with Gasteiger partial charge in [-0.05, 0) is 50.0 Å². The van der Waals surface area contributed by atoms with Gasteiger partial charge in [0.25, 0.3) is 0 Å². The highest BCUT2D eigenvalue weighted by atomic mass is 16.4. The fourth-order valence-corrected chi connectivity index (χ4v) is 3.65. The standard InChI is InChI=1S/C22H29NO3/c1-5-23(6-2)15-14-18-12-7-8-13-19(18)22(26,21(24)25)20-16(3)10-9-11-17(20)4/h7-13,26H,5-6,14-15H2,1-4H3,(H,24,25). The molecule has 0 aliphatic heterocycles. The maximum atomic E-state index is 12.3. The maximum Gasteiger partial charge on any atom is 0.345 e. The predicted molar refractivity (Wildman–Crippen MR) is 104 cm³/mol. The molecule has 0 saturated carbocycles. The van der Waals surface area contributed by atoms with Crippen molar-refractivity contribution in [3.63, 3.8) is 0 Å². The Hall–Kier alpha value is -2.17. The molecule has 0 aliphatic rings. The lowest BCUT2D eigenvalue weighted by atomic mass is 9.79. The van der Waals surface area contributed by atoms with E-state index in [9.17, 15) is 15.0 Å². The summed E-state index contributed by atoms with van der Waals surface area (Å²) in [7, 11) is 0. The van der Waals surface area contributed by atoms with Crippen molar-refractivity contribution in [1.29, 1.82) is 0 Å². The van der Waals surface area contributed by atoms with Crippen LogP contribution in [-0.2, 0) is 16.8 Å². The van der Waals surface area contributed by atoms with Crippen LogP contribution >= 0.6 is 0 Å². The van der Waals surface area contributed by atoms with Crippen LogP contribution < -0.4 is 0 Å². The van der Waals surface area contributed by atoms with Crippen molar-refractivity contribution in [2.45, 2.75) is 39.7 Å². The van der Waals surface area contributed by atoms with E-state index < -0.39 is 11.6 Å². The number of carboxylic acids is 1. The lowest BCUT2D eigenvalue weighted by Crippen LogP contribution is -2.39. The second-order valence-electron chi connectivity index (χ2n) is 6.72. The molecule has 1 atom stereocenters. The van der Waals surface area contributed by atoms with E-state index in [1.165, 1.54) is 0 Å². The minimum absolute atomic E-state index is 0.456. The van der Waals surface area contributed by atoms with E-state index in [0.717, 1.165) is 36.3 Å². The molecule has 2 aromatic carbocycles. The van der Waals surface area contributed by atoms with Gasteiger partial charge in [0.1, 0.15) is 0 Å². The lowest BCUT2D eigenvalue weighted by Gasteiger charge is -2.30. The number of hydrogen-bond donors (Lipinski definition) is 2. The van der Waals surface area contributed by atoms with Gasteiger partial charge < -0.3 is 15.1 Å². The summed E-state index contributed by atoms with van der Waals surface area (Å²) in [4.78, 5) is 14.6. The van der Waals surface area contributed by atoms with Crippen molar-refractivity contribution in [2.75, 3.05) is 19.6 Å². The molecule has 0 spiro atoms. The third kappa shape index (κ3) is 3.81.